The zero-order chi connectivity index (χ0) is 28.2. The first-order chi connectivity index (χ1) is 19.4. The topological polar surface area (TPSA) is 64.6 Å². The summed E-state index contributed by atoms with van der Waals surface area (Å²) in [7, 11) is 1.32. The van der Waals surface area contributed by atoms with Gasteiger partial charge in [-0.1, -0.05) is 105 Å². The van der Waals surface area contributed by atoms with Gasteiger partial charge in [-0.05, 0) is 62.9 Å². The molecule has 4 aromatic rings. The highest BCUT2D eigenvalue weighted by molar-refractivity contribution is 5.82. The average Bonchev–Trinajstić information content (AvgIpc) is 3.29. The molecule has 0 heterocycles. The number of nitrogens with one attached hydrogen (secondary N) is 1. The van der Waals surface area contributed by atoms with Gasteiger partial charge in [-0.2, -0.15) is 0 Å². The Balaban J connectivity index is 1.25. The van der Waals surface area contributed by atoms with Crippen molar-refractivity contribution in [2.24, 2.45) is 0 Å². The van der Waals surface area contributed by atoms with Crippen molar-refractivity contribution in [3.05, 3.63) is 119 Å². The molecule has 1 aliphatic carbocycles. The fraction of sp³-hybridized carbons (Fsp3) is 0.257. The normalized spacial score (nSPS) is 12.9. The smallest absolute Gasteiger partial charge is 0.407 e. The molecule has 0 spiro atoms. The van der Waals surface area contributed by atoms with Crippen LogP contribution in [0.25, 0.3) is 22.3 Å². The van der Waals surface area contributed by atoms with Crippen LogP contribution in [0.15, 0.2) is 91.0 Å². The van der Waals surface area contributed by atoms with E-state index in [4.69, 9.17) is 9.47 Å². The van der Waals surface area contributed by atoms with Crippen LogP contribution in [-0.4, -0.2) is 31.8 Å². The molecule has 0 fully saturated rings. The van der Waals surface area contributed by atoms with Gasteiger partial charge in [0.1, 0.15) is 12.6 Å². The van der Waals surface area contributed by atoms with Gasteiger partial charge < -0.3 is 14.8 Å². The third-order valence-corrected chi connectivity index (χ3v) is 7.74. The second-order valence-electron chi connectivity index (χ2n) is 10.7. The zero-order valence-electron chi connectivity index (χ0n) is 23.4. The number of amides is 1. The van der Waals surface area contributed by atoms with Crippen LogP contribution in [-0.2, 0) is 20.7 Å². The molecule has 0 saturated carbocycles. The molecule has 4 aromatic carbocycles. The number of carbonyl (C=O) groups is 2. The minimum absolute atomic E-state index is 0.0552. The molecule has 5 nitrogen and oxygen atoms in total. The summed E-state index contributed by atoms with van der Waals surface area (Å²) in [6, 6.07) is 30.1. The summed E-state index contributed by atoms with van der Waals surface area (Å²) in [4.78, 5) is 25.4. The van der Waals surface area contributed by atoms with Crippen LogP contribution in [0.5, 0.6) is 0 Å². The predicted molar refractivity (Wildman–Crippen MR) is 158 cm³/mol. The van der Waals surface area contributed by atoms with Crippen molar-refractivity contribution in [3.8, 4) is 22.3 Å². The van der Waals surface area contributed by atoms with E-state index in [2.05, 4.69) is 68.6 Å². The third kappa shape index (κ3) is 5.64. The van der Waals surface area contributed by atoms with E-state index >= 15 is 0 Å². The Hall–Kier alpha value is -4.38. The lowest BCUT2D eigenvalue weighted by Gasteiger charge is -2.19. The predicted octanol–water partition coefficient (Wildman–Crippen LogP) is 7.41. The van der Waals surface area contributed by atoms with Crippen molar-refractivity contribution in [2.75, 3.05) is 13.7 Å². The lowest BCUT2D eigenvalue weighted by molar-refractivity contribution is -0.143. The van der Waals surface area contributed by atoms with E-state index in [-0.39, 0.29) is 12.5 Å². The summed E-state index contributed by atoms with van der Waals surface area (Å²) < 4.78 is 10.6. The summed E-state index contributed by atoms with van der Waals surface area (Å²) in [6.07, 6.45) is -0.350. The molecule has 5 rings (SSSR count). The van der Waals surface area contributed by atoms with Crippen molar-refractivity contribution in [1.29, 1.82) is 0 Å². The number of carbonyl (C=O) groups excluding carboxylic acids is 2. The first kappa shape index (κ1) is 27.2. The van der Waals surface area contributed by atoms with Crippen LogP contribution < -0.4 is 5.32 Å². The molecular formula is C35H35NO4. The molecular weight excluding hydrogens is 498 g/mol. The average molecular weight is 534 g/mol. The monoisotopic (exact) mass is 533 g/mol. The lowest BCUT2D eigenvalue weighted by Crippen LogP contribution is -2.43. The Morgan fingerprint density at radius 3 is 2.02 bits per heavy atom. The largest absolute Gasteiger partial charge is 0.467 e. The number of rotatable bonds is 8. The number of methoxy groups -OCH3 is 1. The van der Waals surface area contributed by atoms with Crippen LogP contribution in [0.1, 0.15) is 53.5 Å². The minimum Gasteiger partial charge on any atom is -0.467 e. The highest BCUT2D eigenvalue weighted by Gasteiger charge is 2.30. The van der Waals surface area contributed by atoms with Crippen LogP contribution in [0.3, 0.4) is 0 Å². The van der Waals surface area contributed by atoms with Crippen molar-refractivity contribution in [1.82, 2.24) is 5.32 Å². The number of benzene rings is 4. The summed E-state index contributed by atoms with van der Waals surface area (Å²) in [6.45, 7) is 6.69. The van der Waals surface area contributed by atoms with Gasteiger partial charge in [0.25, 0.3) is 0 Å². The van der Waals surface area contributed by atoms with E-state index in [1.54, 1.807) is 0 Å². The lowest BCUT2D eigenvalue weighted by atomic mass is 9.93. The van der Waals surface area contributed by atoms with Gasteiger partial charge in [-0.25, -0.2) is 9.59 Å². The molecule has 1 N–H and O–H groups in total. The zero-order valence-corrected chi connectivity index (χ0v) is 23.4. The Labute approximate surface area is 236 Å². The maximum atomic E-state index is 12.9. The van der Waals surface area contributed by atoms with Gasteiger partial charge in [-0.15, -0.1) is 0 Å². The van der Waals surface area contributed by atoms with Gasteiger partial charge in [0.2, 0.25) is 0 Å². The second-order valence-corrected chi connectivity index (χ2v) is 10.7. The first-order valence-corrected chi connectivity index (χ1v) is 13.7. The standard InChI is InChI=1S/C35H35NO4/c1-22(2)26-17-18-27(23(3)19-26)25-15-13-24(14-16-25)20-33(34(37)39-4)36-35(38)40-21-32-30-11-7-5-9-28(30)29-10-6-8-12-31(29)32/h5-19,22,32-33H,20-21H2,1-4H3,(H,36,38). The molecule has 204 valence electrons. The number of esters is 1. The van der Waals surface area contributed by atoms with E-state index in [9.17, 15) is 9.59 Å². The van der Waals surface area contributed by atoms with Gasteiger partial charge in [0.05, 0.1) is 7.11 Å². The van der Waals surface area contributed by atoms with E-state index in [1.165, 1.54) is 23.8 Å². The Bertz CT molecular complexity index is 1480. The fourth-order valence-electron chi connectivity index (χ4n) is 5.54. The number of hydrogen-bond donors (Lipinski definition) is 1. The number of alkyl carbamates (subject to hydrolysis) is 1. The van der Waals surface area contributed by atoms with Crippen molar-refractivity contribution < 1.29 is 19.1 Å². The Morgan fingerprint density at radius 1 is 0.825 bits per heavy atom. The summed E-state index contributed by atoms with van der Waals surface area (Å²) in [5.74, 6) is -0.0904. The van der Waals surface area contributed by atoms with E-state index in [1.807, 2.05) is 48.5 Å². The number of ether oxygens (including phenoxy) is 2. The number of fused-ring (bicyclic) bond motifs is 3. The molecule has 1 unspecified atom stereocenters. The SMILES string of the molecule is COC(=O)C(Cc1ccc(-c2ccc(C(C)C)cc2C)cc1)NC(=O)OCC1c2ccccc2-c2ccccc21. The van der Waals surface area contributed by atoms with Crippen LogP contribution in [0.2, 0.25) is 0 Å². The second kappa shape index (κ2) is 11.8. The van der Waals surface area contributed by atoms with Gasteiger partial charge in [0, 0.05) is 12.3 Å². The maximum Gasteiger partial charge on any atom is 0.407 e. The van der Waals surface area contributed by atoms with Crippen LogP contribution >= 0.6 is 0 Å². The number of hydrogen-bond acceptors (Lipinski definition) is 4. The molecule has 0 aliphatic heterocycles. The molecule has 0 aromatic heterocycles. The summed E-state index contributed by atoms with van der Waals surface area (Å²) in [5.41, 5.74) is 10.3. The van der Waals surface area contributed by atoms with Crippen molar-refractivity contribution in [2.45, 2.75) is 45.1 Å². The van der Waals surface area contributed by atoms with Gasteiger partial charge >= 0.3 is 12.1 Å². The molecule has 1 aliphatic rings. The quantitative estimate of drug-likeness (QED) is 0.240. The molecule has 1 amide bonds. The van der Waals surface area contributed by atoms with Gasteiger partial charge in [0.15, 0.2) is 0 Å². The highest BCUT2D eigenvalue weighted by atomic mass is 16.6. The maximum absolute atomic E-state index is 12.9. The highest BCUT2D eigenvalue weighted by Crippen LogP contribution is 2.44. The number of aryl methyl sites for hydroxylation is 1. The Kier molecular flexibility index (Phi) is 8.01. The first-order valence-electron chi connectivity index (χ1n) is 13.7. The van der Waals surface area contributed by atoms with Crippen LogP contribution in [0, 0.1) is 6.92 Å². The molecule has 5 heteroatoms. The molecule has 0 radical (unpaired) electrons. The molecule has 1 atom stereocenters. The molecule has 40 heavy (non-hydrogen) atoms. The van der Waals surface area contributed by atoms with E-state index in [0.29, 0.717) is 12.3 Å². The van der Waals surface area contributed by atoms with E-state index < -0.39 is 18.1 Å². The minimum atomic E-state index is -0.862. The summed E-state index contributed by atoms with van der Waals surface area (Å²) in [5, 5.41) is 2.72. The third-order valence-electron chi connectivity index (χ3n) is 7.74. The van der Waals surface area contributed by atoms with Gasteiger partial charge in [-0.3, -0.25) is 0 Å². The van der Waals surface area contributed by atoms with Crippen molar-refractivity contribution >= 4 is 12.1 Å². The van der Waals surface area contributed by atoms with E-state index in [0.717, 1.165) is 33.4 Å². The molecule has 0 bridgehead atoms. The van der Waals surface area contributed by atoms with Crippen LogP contribution in [0.4, 0.5) is 4.79 Å². The Morgan fingerprint density at radius 2 is 1.45 bits per heavy atom. The molecule has 0 saturated heterocycles. The fourth-order valence-corrected chi connectivity index (χ4v) is 5.54. The summed E-state index contributed by atoms with van der Waals surface area (Å²) >= 11 is 0. The van der Waals surface area contributed by atoms with Crippen molar-refractivity contribution in [3.63, 3.8) is 0 Å².